The van der Waals surface area contributed by atoms with Gasteiger partial charge in [0.15, 0.2) is 0 Å². The number of rotatable bonds is 0. The third kappa shape index (κ3) is 0.664. The molecule has 0 spiro atoms. The van der Waals surface area contributed by atoms with Crippen molar-refractivity contribution in [1.82, 2.24) is 5.06 Å². The standard InChI is InChI=1S/C10H13NO4/c1-9-5-3-4-6(15-5)10(9,2)8(13)11(14)7(9)12/h5-6,14H,3-4H2,1-2H3/t5-,6+,9+,10-. The van der Waals surface area contributed by atoms with Crippen LogP contribution in [0.25, 0.3) is 0 Å². The summed E-state index contributed by atoms with van der Waals surface area (Å²) in [5, 5.41) is 9.73. The molecule has 0 radical (unpaired) electrons. The van der Waals surface area contributed by atoms with Crippen LogP contribution in [0, 0.1) is 10.8 Å². The van der Waals surface area contributed by atoms with E-state index in [0.717, 1.165) is 12.8 Å². The number of amides is 2. The Morgan fingerprint density at radius 3 is 2.00 bits per heavy atom. The Morgan fingerprint density at radius 1 is 1.20 bits per heavy atom. The number of hydrogen-bond donors (Lipinski definition) is 1. The van der Waals surface area contributed by atoms with E-state index in [1.165, 1.54) is 0 Å². The van der Waals surface area contributed by atoms with Gasteiger partial charge >= 0.3 is 0 Å². The Hall–Kier alpha value is -0.940. The molecule has 0 unspecified atom stereocenters. The first-order valence-electron chi connectivity index (χ1n) is 5.17. The summed E-state index contributed by atoms with van der Waals surface area (Å²) in [6.07, 6.45) is 1.15. The average molecular weight is 211 g/mol. The second-order valence-electron chi connectivity index (χ2n) is 5.02. The Bertz CT molecular complexity index is 348. The van der Waals surface area contributed by atoms with Gasteiger partial charge in [0.25, 0.3) is 11.8 Å². The van der Waals surface area contributed by atoms with Crippen molar-refractivity contribution in [3.05, 3.63) is 0 Å². The Morgan fingerprint density at radius 2 is 1.60 bits per heavy atom. The van der Waals surface area contributed by atoms with Crippen molar-refractivity contribution in [2.45, 2.75) is 38.9 Å². The van der Waals surface area contributed by atoms with E-state index in [1.54, 1.807) is 13.8 Å². The van der Waals surface area contributed by atoms with Gasteiger partial charge in [-0.1, -0.05) is 0 Å². The highest BCUT2D eigenvalue weighted by atomic mass is 16.5. The minimum atomic E-state index is -0.873. The number of carbonyl (C=O) groups excluding carboxylic acids is 2. The van der Waals surface area contributed by atoms with Crippen LogP contribution in [0.15, 0.2) is 0 Å². The molecule has 1 N–H and O–H groups in total. The Kier molecular flexibility index (Phi) is 1.39. The molecular formula is C10H13NO4. The molecular weight excluding hydrogens is 198 g/mol. The molecule has 0 aromatic carbocycles. The van der Waals surface area contributed by atoms with Gasteiger partial charge in [-0.25, -0.2) is 0 Å². The van der Waals surface area contributed by atoms with E-state index >= 15 is 0 Å². The van der Waals surface area contributed by atoms with Crippen LogP contribution in [0.3, 0.4) is 0 Å². The van der Waals surface area contributed by atoms with Crippen LogP contribution < -0.4 is 0 Å². The maximum Gasteiger partial charge on any atom is 0.263 e. The van der Waals surface area contributed by atoms with Gasteiger partial charge < -0.3 is 4.74 Å². The van der Waals surface area contributed by atoms with Gasteiger partial charge in [0, 0.05) is 0 Å². The lowest BCUT2D eigenvalue weighted by Gasteiger charge is -2.36. The van der Waals surface area contributed by atoms with Crippen molar-refractivity contribution >= 4 is 11.8 Å². The van der Waals surface area contributed by atoms with Crippen molar-refractivity contribution in [2.24, 2.45) is 10.8 Å². The first-order chi connectivity index (χ1) is 6.94. The second kappa shape index (κ2) is 2.25. The lowest BCUT2D eigenvalue weighted by molar-refractivity contribution is -0.178. The van der Waals surface area contributed by atoms with Gasteiger partial charge in [0.2, 0.25) is 0 Å². The molecule has 2 amide bonds. The third-order valence-corrected chi connectivity index (χ3v) is 4.66. The van der Waals surface area contributed by atoms with Crippen molar-refractivity contribution in [1.29, 1.82) is 0 Å². The summed E-state index contributed by atoms with van der Waals surface area (Å²) in [6.45, 7) is 3.46. The van der Waals surface area contributed by atoms with Gasteiger partial charge in [-0.2, -0.15) is 5.06 Å². The van der Waals surface area contributed by atoms with E-state index in [4.69, 9.17) is 4.74 Å². The zero-order chi connectivity index (χ0) is 11.0. The van der Waals surface area contributed by atoms with Gasteiger partial charge in [-0.05, 0) is 26.7 Å². The average Bonchev–Trinajstić information content (AvgIpc) is 2.81. The molecule has 15 heavy (non-hydrogen) atoms. The molecule has 0 aromatic heterocycles. The smallest absolute Gasteiger partial charge is 0.263 e. The van der Waals surface area contributed by atoms with Crippen LogP contribution in [0.2, 0.25) is 0 Å². The van der Waals surface area contributed by atoms with E-state index in [0.29, 0.717) is 0 Å². The topological polar surface area (TPSA) is 66.8 Å². The normalized spacial score (nSPS) is 52.9. The summed E-state index contributed by atoms with van der Waals surface area (Å²) >= 11 is 0. The molecule has 5 heteroatoms. The number of imide groups is 1. The number of hydroxylamine groups is 2. The summed E-state index contributed by atoms with van der Waals surface area (Å²) < 4.78 is 5.66. The van der Waals surface area contributed by atoms with E-state index in [9.17, 15) is 14.8 Å². The molecule has 2 bridgehead atoms. The first-order valence-corrected chi connectivity index (χ1v) is 5.17. The predicted octanol–water partition coefficient (Wildman–Crippen LogP) is 0.318. The third-order valence-electron chi connectivity index (χ3n) is 4.66. The lowest BCUT2D eigenvalue weighted by Crippen LogP contribution is -2.48. The number of hydrogen-bond acceptors (Lipinski definition) is 4. The van der Waals surface area contributed by atoms with Crippen molar-refractivity contribution in [2.75, 3.05) is 0 Å². The van der Waals surface area contributed by atoms with E-state index in [2.05, 4.69) is 0 Å². The van der Waals surface area contributed by atoms with Gasteiger partial charge in [-0.15, -0.1) is 0 Å². The summed E-state index contributed by atoms with van der Waals surface area (Å²) in [6, 6.07) is 0. The van der Waals surface area contributed by atoms with Crippen LogP contribution in [0.5, 0.6) is 0 Å². The fourth-order valence-corrected chi connectivity index (χ4v) is 3.41. The van der Waals surface area contributed by atoms with Gasteiger partial charge in [0.1, 0.15) is 0 Å². The number of carbonyl (C=O) groups is 2. The summed E-state index contributed by atoms with van der Waals surface area (Å²) in [4.78, 5) is 23.8. The highest BCUT2D eigenvalue weighted by molar-refractivity contribution is 6.09. The minimum Gasteiger partial charge on any atom is -0.373 e. The van der Waals surface area contributed by atoms with E-state index < -0.39 is 22.6 Å². The molecule has 82 valence electrons. The van der Waals surface area contributed by atoms with Crippen LogP contribution in [0.4, 0.5) is 0 Å². The van der Waals surface area contributed by atoms with Gasteiger partial charge in [0.05, 0.1) is 23.0 Å². The molecule has 3 saturated heterocycles. The van der Waals surface area contributed by atoms with Crippen molar-refractivity contribution in [3.8, 4) is 0 Å². The number of ether oxygens (including phenoxy) is 1. The zero-order valence-corrected chi connectivity index (χ0v) is 8.69. The van der Waals surface area contributed by atoms with E-state index in [1.807, 2.05) is 0 Å². The summed E-state index contributed by atoms with van der Waals surface area (Å²) in [7, 11) is 0. The largest absolute Gasteiger partial charge is 0.373 e. The summed E-state index contributed by atoms with van der Waals surface area (Å²) in [5.41, 5.74) is -1.75. The molecule has 0 aromatic rings. The van der Waals surface area contributed by atoms with E-state index in [-0.39, 0.29) is 17.3 Å². The van der Waals surface area contributed by atoms with Crippen LogP contribution in [-0.4, -0.2) is 34.3 Å². The van der Waals surface area contributed by atoms with Crippen LogP contribution in [-0.2, 0) is 14.3 Å². The predicted molar refractivity (Wildman–Crippen MR) is 47.7 cm³/mol. The fourth-order valence-electron chi connectivity index (χ4n) is 3.41. The number of nitrogens with zero attached hydrogens (tertiary/aromatic N) is 1. The first kappa shape index (κ1) is 9.30. The SMILES string of the molecule is C[C@@]12C(=O)N(O)C(=O)[C@]1(C)[C@H]1CC[C@@H]2O1. The molecule has 3 fully saturated rings. The Labute approximate surface area is 87.0 Å². The van der Waals surface area contributed by atoms with Crippen molar-refractivity contribution in [3.63, 3.8) is 0 Å². The zero-order valence-electron chi connectivity index (χ0n) is 8.69. The van der Waals surface area contributed by atoms with Gasteiger partial charge in [-0.3, -0.25) is 14.8 Å². The maximum atomic E-state index is 11.9. The van der Waals surface area contributed by atoms with Crippen molar-refractivity contribution < 1.29 is 19.5 Å². The molecule has 3 aliphatic heterocycles. The molecule has 0 saturated carbocycles. The lowest BCUT2D eigenvalue weighted by atomic mass is 9.59. The summed E-state index contributed by atoms with van der Waals surface area (Å²) in [5.74, 6) is -1.02. The molecule has 5 nitrogen and oxygen atoms in total. The fraction of sp³-hybridized carbons (Fsp3) is 0.800. The monoisotopic (exact) mass is 211 g/mol. The quantitative estimate of drug-likeness (QED) is 0.463. The molecule has 4 atom stereocenters. The highest BCUT2D eigenvalue weighted by Gasteiger charge is 2.77. The molecule has 3 aliphatic rings. The second-order valence-corrected chi connectivity index (χ2v) is 5.02. The maximum absolute atomic E-state index is 11.9. The molecule has 0 aliphatic carbocycles. The number of fused-ring (bicyclic) bond motifs is 5. The van der Waals surface area contributed by atoms with Crippen LogP contribution >= 0.6 is 0 Å². The van der Waals surface area contributed by atoms with Crippen LogP contribution in [0.1, 0.15) is 26.7 Å². The minimum absolute atomic E-state index is 0.221. The molecule has 3 heterocycles. The molecule has 3 rings (SSSR count). The highest BCUT2D eigenvalue weighted by Crippen LogP contribution is 2.63. The Balaban J connectivity index is 2.22.